The Hall–Kier alpha value is -2.60. The van der Waals surface area contributed by atoms with Gasteiger partial charge in [-0.25, -0.2) is 8.78 Å². The summed E-state index contributed by atoms with van der Waals surface area (Å²) in [5, 5.41) is 0. The molecule has 0 aliphatic rings. The molecule has 182 valence electrons. The zero-order chi connectivity index (χ0) is 25.4. The van der Waals surface area contributed by atoms with Gasteiger partial charge in [-0.05, 0) is 58.4 Å². The molecule has 6 heteroatoms. The van der Waals surface area contributed by atoms with Gasteiger partial charge >= 0.3 is 0 Å². The molecule has 0 saturated carbocycles. The lowest BCUT2D eigenvalue weighted by molar-refractivity contribution is 0.411. The topological polar surface area (TPSA) is 21.7 Å². The number of hydrogen-bond acceptors (Lipinski definition) is 3. The van der Waals surface area contributed by atoms with Crippen molar-refractivity contribution in [1.29, 1.82) is 0 Å². The smallest absolute Gasteiger partial charge is 0.151 e. The van der Waals surface area contributed by atoms with E-state index >= 15 is 8.78 Å². The van der Waals surface area contributed by atoms with Crippen molar-refractivity contribution < 1.29 is 18.3 Å². The Morgan fingerprint density at radius 3 is 1.38 bits per heavy atom. The van der Waals surface area contributed by atoms with Crippen LogP contribution >= 0.6 is 15.9 Å². The average molecular weight is 532 g/mol. The predicted octanol–water partition coefficient (Wildman–Crippen LogP) is 8.81. The lowest BCUT2D eigenvalue weighted by Gasteiger charge is -2.32. The number of methoxy groups -OCH3 is 2. The molecule has 0 saturated heterocycles. The molecule has 0 aliphatic heterocycles. The van der Waals surface area contributed by atoms with Crippen LogP contribution in [0.4, 0.5) is 25.8 Å². The molecule has 0 atom stereocenters. The SMILES string of the molecule is COc1ccc(C(C)(C)C)cc1N(c1cc(C(C)(C)C)ccc1OC)c1c(F)cc(Br)cc1F. The summed E-state index contributed by atoms with van der Waals surface area (Å²) in [5.41, 5.74) is 2.42. The summed E-state index contributed by atoms with van der Waals surface area (Å²) in [5.74, 6) is -0.451. The van der Waals surface area contributed by atoms with Gasteiger partial charge in [0, 0.05) is 4.47 Å². The Bertz CT molecular complexity index is 1110. The van der Waals surface area contributed by atoms with E-state index in [1.807, 2.05) is 36.4 Å². The third-order valence-corrected chi connectivity index (χ3v) is 6.23. The summed E-state index contributed by atoms with van der Waals surface area (Å²) in [6, 6.07) is 14.0. The van der Waals surface area contributed by atoms with Crippen LogP contribution in [0, 0.1) is 11.6 Å². The number of nitrogens with zero attached hydrogens (tertiary/aromatic N) is 1. The lowest BCUT2D eigenvalue weighted by Crippen LogP contribution is -2.19. The fourth-order valence-electron chi connectivity index (χ4n) is 3.78. The Balaban J connectivity index is 2.47. The maximum absolute atomic E-state index is 15.5. The molecule has 0 heterocycles. The van der Waals surface area contributed by atoms with Crippen LogP contribution in [0.15, 0.2) is 53.0 Å². The van der Waals surface area contributed by atoms with Crippen molar-refractivity contribution in [2.24, 2.45) is 0 Å². The number of halogens is 3. The third kappa shape index (κ3) is 5.22. The summed E-state index contributed by atoms with van der Waals surface area (Å²) in [6.45, 7) is 12.5. The highest BCUT2D eigenvalue weighted by atomic mass is 79.9. The van der Waals surface area contributed by atoms with Crippen molar-refractivity contribution in [3.05, 3.63) is 75.8 Å². The minimum Gasteiger partial charge on any atom is -0.495 e. The van der Waals surface area contributed by atoms with E-state index in [0.29, 0.717) is 27.3 Å². The molecule has 0 radical (unpaired) electrons. The molecule has 0 amide bonds. The Kier molecular flexibility index (Phi) is 7.32. The maximum Gasteiger partial charge on any atom is 0.151 e. The molecule has 34 heavy (non-hydrogen) atoms. The van der Waals surface area contributed by atoms with Crippen LogP contribution in [0.25, 0.3) is 0 Å². The molecule has 3 aromatic carbocycles. The average Bonchev–Trinajstić information content (AvgIpc) is 2.74. The molecule has 0 fully saturated rings. The van der Waals surface area contributed by atoms with Crippen molar-refractivity contribution in [2.75, 3.05) is 19.1 Å². The van der Waals surface area contributed by atoms with E-state index < -0.39 is 11.6 Å². The highest BCUT2D eigenvalue weighted by molar-refractivity contribution is 9.10. The van der Waals surface area contributed by atoms with Crippen LogP contribution in [0.3, 0.4) is 0 Å². The fraction of sp³-hybridized carbons (Fsp3) is 0.357. The highest BCUT2D eigenvalue weighted by Crippen LogP contribution is 2.48. The van der Waals surface area contributed by atoms with Gasteiger partial charge in [0.15, 0.2) is 11.6 Å². The first kappa shape index (κ1) is 26.0. The van der Waals surface area contributed by atoms with Gasteiger partial charge in [0.25, 0.3) is 0 Å². The van der Waals surface area contributed by atoms with Crippen molar-refractivity contribution in [3.63, 3.8) is 0 Å². The molecule has 0 aromatic heterocycles. The van der Waals surface area contributed by atoms with Gasteiger partial charge in [0.1, 0.15) is 17.2 Å². The zero-order valence-electron chi connectivity index (χ0n) is 21.0. The van der Waals surface area contributed by atoms with Crippen LogP contribution in [-0.2, 0) is 10.8 Å². The molecule has 3 nitrogen and oxygen atoms in total. The summed E-state index contributed by atoms with van der Waals surface area (Å²) in [6.07, 6.45) is 0. The first-order valence-corrected chi connectivity index (χ1v) is 11.9. The molecular formula is C28H32BrF2NO2. The predicted molar refractivity (Wildman–Crippen MR) is 139 cm³/mol. The first-order chi connectivity index (χ1) is 15.8. The molecule has 0 unspecified atom stereocenters. The molecule has 3 aromatic rings. The van der Waals surface area contributed by atoms with Crippen LogP contribution in [0.1, 0.15) is 52.7 Å². The van der Waals surface area contributed by atoms with E-state index in [2.05, 4.69) is 57.5 Å². The van der Waals surface area contributed by atoms with Crippen molar-refractivity contribution >= 4 is 33.0 Å². The van der Waals surface area contributed by atoms with Gasteiger partial charge in [0.2, 0.25) is 0 Å². The monoisotopic (exact) mass is 531 g/mol. The summed E-state index contributed by atoms with van der Waals surface area (Å²) in [7, 11) is 3.09. The molecular weight excluding hydrogens is 500 g/mol. The molecule has 0 aliphatic carbocycles. The number of rotatable bonds is 5. The number of hydrogen-bond donors (Lipinski definition) is 0. The van der Waals surface area contributed by atoms with Crippen molar-refractivity contribution in [3.8, 4) is 11.5 Å². The fourth-order valence-corrected chi connectivity index (χ4v) is 4.18. The quantitative estimate of drug-likeness (QED) is 0.328. The minimum atomic E-state index is -0.710. The number of benzene rings is 3. The van der Waals surface area contributed by atoms with Gasteiger partial charge in [0.05, 0.1) is 25.6 Å². The van der Waals surface area contributed by atoms with E-state index in [0.717, 1.165) is 11.1 Å². The first-order valence-electron chi connectivity index (χ1n) is 11.1. The molecule has 0 bridgehead atoms. The Morgan fingerprint density at radius 2 is 1.06 bits per heavy atom. The number of anilines is 3. The Labute approximate surface area is 209 Å². The van der Waals surface area contributed by atoms with Crippen molar-refractivity contribution in [1.82, 2.24) is 0 Å². The van der Waals surface area contributed by atoms with Gasteiger partial charge in [-0.2, -0.15) is 0 Å². The second-order valence-electron chi connectivity index (χ2n) is 10.3. The molecule has 3 rings (SSSR count). The minimum absolute atomic E-state index is 0.194. The maximum atomic E-state index is 15.5. The summed E-state index contributed by atoms with van der Waals surface area (Å²) >= 11 is 3.19. The second kappa shape index (κ2) is 9.57. The van der Waals surface area contributed by atoms with Crippen LogP contribution in [0.5, 0.6) is 11.5 Å². The van der Waals surface area contributed by atoms with Crippen LogP contribution in [0.2, 0.25) is 0 Å². The van der Waals surface area contributed by atoms with Gasteiger partial charge in [-0.3, -0.25) is 4.90 Å². The summed E-state index contributed by atoms with van der Waals surface area (Å²) in [4.78, 5) is 1.55. The largest absolute Gasteiger partial charge is 0.495 e. The molecule has 0 spiro atoms. The van der Waals surface area contributed by atoms with E-state index in [-0.39, 0.29) is 16.5 Å². The van der Waals surface area contributed by atoms with Crippen LogP contribution in [-0.4, -0.2) is 14.2 Å². The van der Waals surface area contributed by atoms with E-state index in [1.54, 1.807) is 19.1 Å². The van der Waals surface area contributed by atoms with E-state index in [1.165, 1.54) is 12.1 Å². The standard InChI is InChI=1S/C28H32BrF2NO2/c1-27(2,3)17-9-11-24(33-7)22(13-17)32(26-20(30)15-19(29)16-21(26)31)23-14-18(28(4,5)6)10-12-25(23)34-8/h9-16H,1-8H3. The van der Waals surface area contributed by atoms with E-state index in [4.69, 9.17) is 9.47 Å². The summed E-state index contributed by atoms with van der Waals surface area (Å²) < 4.78 is 42.6. The van der Waals surface area contributed by atoms with Gasteiger partial charge in [-0.1, -0.05) is 69.6 Å². The normalized spacial score (nSPS) is 12.0. The van der Waals surface area contributed by atoms with Gasteiger partial charge < -0.3 is 9.47 Å². The van der Waals surface area contributed by atoms with Gasteiger partial charge in [-0.15, -0.1) is 0 Å². The Morgan fingerprint density at radius 1 is 0.676 bits per heavy atom. The van der Waals surface area contributed by atoms with Crippen molar-refractivity contribution in [2.45, 2.75) is 52.4 Å². The van der Waals surface area contributed by atoms with E-state index in [9.17, 15) is 0 Å². The lowest BCUT2D eigenvalue weighted by atomic mass is 9.86. The number of ether oxygens (including phenoxy) is 2. The van der Waals surface area contributed by atoms with Crippen LogP contribution < -0.4 is 14.4 Å². The highest BCUT2D eigenvalue weighted by Gasteiger charge is 2.29. The third-order valence-electron chi connectivity index (χ3n) is 5.78. The second-order valence-corrected chi connectivity index (χ2v) is 11.2. The molecule has 0 N–H and O–H groups in total. The zero-order valence-corrected chi connectivity index (χ0v) is 22.6.